The molecule has 0 aromatic heterocycles. The summed E-state index contributed by atoms with van der Waals surface area (Å²) in [5, 5.41) is 49.6. The van der Waals surface area contributed by atoms with Gasteiger partial charge < -0.3 is 97.4 Å². The van der Waals surface area contributed by atoms with E-state index in [2.05, 4.69) is 72.3 Å². The fourth-order valence-electron chi connectivity index (χ4n) is 8.98. The molecule has 23 N–H and O–H groups in total. The van der Waals surface area contributed by atoms with Gasteiger partial charge in [0.15, 0.2) is 0 Å². The maximum absolute atomic E-state index is 14.5. The van der Waals surface area contributed by atoms with E-state index in [1.807, 2.05) is 0 Å². The number of unbranched alkanes of at least 4 members (excludes halogenated alkanes) is 1. The van der Waals surface area contributed by atoms with E-state index >= 15 is 0 Å². The molecule has 0 spiro atoms. The maximum atomic E-state index is 14.5. The average molecular weight is 1190 g/mol. The first-order valence-electron chi connectivity index (χ1n) is 29.0. The second-order valence-corrected chi connectivity index (χ2v) is 21.9. The van der Waals surface area contributed by atoms with Gasteiger partial charge in [-0.2, -0.15) is 0 Å². The molecule has 29 heteroatoms. The lowest BCUT2D eigenvalue weighted by Crippen LogP contribution is -2.62. The number of nitrogens with two attached hydrogens (primary N) is 5. The van der Waals surface area contributed by atoms with Crippen LogP contribution < -0.4 is 87.2 Å². The molecule has 84 heavy (non-hydrogen) atoms. The smallest absolute Gasteiger partial charge is 0.245 e. The van der Waals surface area contributed by atoms with E-state index in [-0.39, 0.29) is 90.0 Å². The highest BCUT2D eigenvalue weighted by atomic mass is 16.3. The number of carbonyl (C=O) groups is 11. The zero-order chi connectivity index (χ0) is 63.1. The highest BCUT2D eigenvalue weighted by Gasteiger charge is 2.37. The Morgan fingerprint density at radius 2 is 1.02 bits per heavy atom. The van der Waals surface area contributed by atoms with Crippen LogP contribution in [0, 0.1) is 11.8 Å². The molecule has 0 saturated carbocycles. The van der Waals surface area contributed by atoms with Crippen LogP contribution in [0.5, 0.6) is 0 Å². The summed E-state index contributed by atoms with van der Waals surface area (Å²) in [6.45, 7) is 8.92. The van der Waals surface area contributed by atoms with Gasteiger partial charge in [0.1, 0.15) is 60.4 Å². The number of aliphatic hydroxyl groups excluding tert-OH is 2. The van der Waals surface area contributed by atoms with Crippen molar-refractivity contribution in [1.29, 1.82) is 0 Å². The summed E-state index contributed by atoms with van der Waals surface area (Å²) in [6, 6.07) is -6.23. The highest BCUT2D eigenvalue weighted by Crippen LogP contribution is 2.12. The van der Waals surface area contributed by atoms with Gasteiger partial charge in [0.05, 0.1) is 12.2 Å². The normalized spacial score (nSPS) is 22.7. The van der Waals surface area contributed by atoms with Gasteiger partial charge in [-0.05, 0) is 115 Å². The van der Waals surface area contributed by atoms with Crippen LogP contribution in [0.15, 0.2) is 30.3 Å². The molecule has 29 nitrogen and oxygen atoms in total. The van der Waals surface area contributed by atoms with Gasteiger partial charge in [-0.15, -0.1) is 0 Å². The van der Waals surface area contributed by atoms with Crippen molar-refractivity contribution in [3.05, 3.63) is 35.9 Å². The number of hydrogen-bond acceptors (Lipinski definition) is 18. The fourth-order valence-corrected chi connectivity index (χ4v) is 8.98. The molecule has 12 atom stereocenters. The third-order valence-electron chi connectivity index (χ3n) is 13.6. The predicted molar refractivity (Wildman–Crippen MR) is 312 cm³/mol. The number of aliphatic hydroxyl groups is 2. The second kappa shape index (κ2) is 38.9. The number of amides is 11. The predicted octanol–water partition coefficient (Wildman–Crippen LogP) is -5.63. The molecule has 1 aliphatic heterocycles. The van der Waals surface area contributed by atoms with Crippen molar-refractivity contribution in [2.75, 3.05) is 39.3 Å². The number of rotatable bonds is 28. The topological polar surface area (TPSA) is 491 Å². The molecule has 1 fully saturated rings. The van der Waals surface area contributed by atoms with Crippen LogP contribution in [0.25, 0.3) is 0 Å². The van der Waals surface area contributed by atoms with Crippen LogP contribution in [-0.2, 0) is 59.2 Å². The van der Waals surface area contributed by atoms with Crippen molar-refractivity contribution >= 4 is 65.0 Å². The quantitative estimate of drug-likeness (QED) is 0.0348. The number of carbonyl (C=O) groups excluding carboxylic acids is 11. The SMILES string of the molecule is CC(C)CCCCC(=O)N[C@@H](CCN)C(=O)N[C@H](C(=O)N[C@@H](CCN)C(=O)N[C@H]1CCNC(=O)[C@H](C(C)O)NC(=O)[C@H](CCN)NC(=O)[C@H](CCN)NC(=O)[C@H](CC(C)C)NC(=O)[C@@H](Cc2ccccc2)NC(=O)[C@H](CCN)NC1=O)C(C)O. The number of hydrogen-bond donors (Lipinski definition) is 18. The van der Waals surface area contributed by atoms with E-state index in [0.29, 0.717) is 17.9 Å². The average Bonchev–Trinajstić information content (AvgIpc) is 3.63. The molecular weight excluding hydrogens is 1090 g/mol. The summed E-state index contributed by atoms with van der Waals surface area (Å²) < 4.78 is 0. The molecule has 1 aliphatic rings. The lowest BCUT2D eigenvalue weighted by molar-refractivity contribution is -0.137. The van der Waals surface area contributed by atoms with Crippen LogP contribution >= 0.6 is 0 Å². The van der Waals surface area contributed by atoms with Crippen molar-refractivity contribution in [3.63, 3.8) is 0 Å². The molecule has 11 amide bonds. The van der Waals surface area contributed by atoms with Crippen LogP contribution in [0.1, 0.15) is 118 Å². The van der Waals surface area contributed by atoms with E-state index in [9.17, 15) is 63.0 Å². The third-order valence-corrected chi connectivity index (χ3v) is 13.6. The van der Waals surface area contributed by atoms with Gasteiger partial charge >= 0.3 is 0 Å². The molecular formula is C55H96N16O13. The summed E-state index contributed by atoms with van der Waals surface area (Å²) in [7, 11) is 0. The van der Waals surface area contributed by atoms with Gasteiger partial charge in [0, 0.05) is 19.4 Å². The monoisotopic (exact) mass is 1190 g/mol. The Balaban J connectivity index is 2.69. The number of benzene rings is 1. The third kappa shape index (κ3) is 26.4. The Morgan fingerprint density at radius 1 is 0.536 bits per heavy atom. The van der Waals surface area contributed by atoms with Crippen LogP contribution in [0.3, 0.4) is 0 Å². The molecule has 1 saturated heterocycles. The van der Waals surface area contributed by atoms with Crippen molar-refractivity contribution < 1.29 is 63.0 Å². The largest absolute Gasteiger partial charge is 0.391 e. The Kier molecular flexibility index (Phi) is 33.9. The van der Waals surface area contributed by atoms with Crippen LogP contribution in [-0.4, -0.2) is 187 Å². The van der Waals surface area contributed by atoms with E-state index in [1.54, 1.807) is 44.2 Å². The first kappa shape index (κ1) is 73.2. The molecule has 1 aromatic rings. The maximum Gasteiger partial charge on any atom is 0.245 e. The summed E-state index contributed by atoms with van der Waals surface area (Å²) in [5.41, 5.74) is 29.9. The van der Waals surface area contributed by atoms with E-state index < -0.39 is 151 Å². The lowest BCUT2D eigenvalue weighted by atomic mass is 10.00. The number of nitrogens with one attached hydrogen (secondary N) is 11. The van der Waals surface area contributed by atoms with Gasteiger partial charge in [-0.25, -0.2) is 0 Å². The summed E-state index contributed by atoms with van der Waals surface area (Å²) in [6.07, 6.45) is -2.10. The minimum Gasteiger partial charge on any atom is -0.391 e. The molecule has 0 radical (unpaired) electrons. The van der Waals surface area contributed by atoms with Crippen molar-refractivity contribution in [1.82, 2.24) is 58.5 Å². The Morgan fingerprint density at radius 3 is 1.52 bits per heavy atom. The summed E-state index contributed by atoms with van der Waals surface area (Å²) in [5.74, 6) is -9.52. The molecule has 2 rings (SSSR count). The lowest BCUT2D eigenvalue weighted by Gasteiger charge is -2.29. The fraction of sp³-hybridized carbons (Fsp3) is 0.691. The van der Waals surface area contributed by atoms with Crippen molar-refractivity contribution in [2.24, 2.45) is 40.5 Å². The summed E-state index contributed by atoms with van der Waals surface area (Å²) >= 11 is 0. The van der Waals surface area contributed by atoms with Gasteiger partial charge in [-0.1, -0.05) is 70.9 Å². The van der Waals surface area contributed by atoms with Crippen molar-refractivity contribution in [3.8, 4) is 0 Å². The molecule has 2 unspecified atom stereocenters. The molecule has 474 valence electrons. The molecule has 0 aliphatic carbocycles. The van der Waals surface area contributed by atoms with E-state index in [4.69, 9.17) is 28.7 Å². The zero-order valence-electron chi connectivity index (χ0n) is 49.5. The Hall–Kier alpha value is -6.89. The molecule has 0 bridgehead atoms. The van der Waals surface area contributed by atoms with Gasteiger partial charge in [0.2, 0.25) is 65.0 Å². The van der Waals surface area contributed by atoms with E-state index in [1.165, 1.54) is 13.8 Å². The summed E-state index contributed by atoms with van der Waals surface area (Å²) in [4.78, 5) is 154. The molecule has 1 heterocycles. The minimum absolute atomic E-state index is 0.0181. The first-order chi connectivity index (χ1) is 39.8. The Bertz CT molecular complexity index is 2290. The zero-order valence-corrected chi connectivity index (χ0v) is 49.5. The molecule has 1 aromatic carbocycles. The minimum atomic E-state index is -1.70. The second-order valence-electron chi connectivity index (χ2n) is 21.9. The van der Waals surface area contributed by atoms with E-state index in [0.717, 1.165) is 12.8 Å². The van der Waals surface area contributed by atoms with Gasteiger partial charge in [0.25, 0.3) is 0 Å². The highest BCUT2D eigenvalue weighted by molar-refractivity contribution is 5.99. The van der Waals surface area contributed by atoms with Gasteiger partial charge in [-0.3, -0.25) is 52.7 Å². The standard InChI is InChI=1S/C55H96N16O13/c1-30(2)12-10-11-15-43(74)62-35(16-22-56)50(79)71-45(33(6)73)55(84)67-38(19-25-59)47(76)66-40-21-27-61-54(83)44(32(5)72)70-51(80)39(20-26-60)64-46(75)36(17-23-57)65-52(81)41(28-31(3)4)68-53(82)42(29-34-13-8-7-9-14-34)69-48(77)37(18-24-58)63-49(40)78/h7-9,13-14,30-33,35-42,44-45,72-73H,10-12,15-29,56-60H2,1-6H3,(H,61,83)(H,62,74)(H,63,78)(H,64,75)(H,65,81)(H,66,76)(H,67,84)(H,68,82)(H,69,77)(H,70,80)(H,71,79)/t32?,33?,35-,36-,37-,38-,39-,40-,41-,42+,44-,45-/m0/s1. The van der Waals surface area contributed by atoms with Crippen molar-refractivity contribution in [2.45, 2.75) is 191 Å². The van der Waals surface area contributed by atoms with Crippen LogP contribution in [0.4, 0.5) is 0 Å². The first-order valence-corrected chi connectivity index (χ1v) is 29.0. The van der Waals surface area contributed by atoms with Crippen LogP contribution in [0.2, 0.25) is 0 Å². The Labute approximate surface area is 491 Å².